The number of halogens is 1. The Balaban J connectivity index is 3.07. The standard InChI is InChI=1S/C9H7ClO/c1-6-4-7-5-8(10)2-3-9(7)11-6/h2-5H,1H3/i2D,3D,4D,5D. The number of aryl methyl sites for hydroxylation is 1. The van der Waals surface area contributed by atoms with E-state index in [1.54, 1.807) is 6.92 Å². The summed E-state index contributed by atoms with van der Waals surface area (Å²) >= 11 is 5.72. The number of hydrogen-bond donors (Lipinski definition) is 0. The van der Waals surface area contributed by atoms with E-state index in [9.17, 15) is 0 Å². The Morgan fingerprint density at radius 2 is 2.27 bits per heavy atom. The van der Waals surface area contributed by atoms with Crippen molar-refractivity contribution in [2.45, 2.75) is 6.92 Å². The largest absolute Gasteiger partial charge is 0.461 e. The van der Waals surface area contributed by atoms with Crippen LogP contribution < -0.4 is 0 Å². The molecule has 0 N–H and O–H groups in total. The van der Waals surface area contributed by atoms with Gasteiger partial charge in [-0.3, -0.25) is 0 Å². The molecule has 0 aliphatic carbocycles. The molecule has 0 aliphatic heterocycles. The fourth-order valence-electron chi connectivity index (χ4n) is 0.891. The molecule has 1 heterocycles. The van der Waals surface area contributed by atoms with Crippen LogP contribution in [-0.2, 0) is 0 Å². The molecule has 0 atom stereocenters. The van der Waals surface area contributed by atoms with Crippen LogP contribution in [0.3, 0.4) is 0 Å². The number of fused-ring (bicyclic) bond motifs is 1. The van der Waals surface area contributed by atoms with Crippen molar-refractivity contribution in [2.24, 2.45) is 0 Å². The number of benzene rings is 1. The molecule has 0 fully saturated rings. The molecule has 0 bridgehead atoms. The molecule has 2 aromatic rings. The first-order chi connectivity index (χ1) is 6.95. The van der Waals surface area contributed by atoms with Crippen molar-refractivity contribution in [1.29, 1.82) is 0 Å². The van der Waals surface area contributed by atoms with Gasteiger partial charge >= 0.3 is 0 Å². The van der Waals surface area contributed by atoms with Crippen molar-refractivity contribution in [2.75, 3.05) is 0 Å². The van der Waals surface area contributed by atoms with Crippen molar-refractivity contribution >= 4 is 22.6 Å². The molecular weight excluding hydrogens is 160 g/mol. The number of hydrogen-bond acceptors (Lipinski definition) is 1. The third-order valence-corrected chi connectivity index (χ3v) is 1.49. The second-order valence-corrected chi connectivity index (χ2v) is 2.55. The summed E-state index contributed by atoms with van der Waals surface area (Å²) in [6.07, 6.45) is 0. The van der Waals surface area contributed by atoms with Gasteiger partial charge in [0.1, 0.15) is 11.3 Å². The highest BCUT2D eigenvalue weighted by molar-refractivity contribution is 6.31. The van der Waals surface area contributed by atoms with Crippen molar-refractivity contribution in [3.05, 3.63) is 35.0 Å². The van der Waals surface area contributed by atoms with Crippen LogP contribution in [0, 0.1) is 6.92 Å². The van der Waals surface area contributed by atoms with Gasteiger partial charge in [-0.2, -0.15) is 0 Å². The molecule has 56 valence electrons. The Morgan fingerprint density at radius 1 is 1.45 bits per heavy atom. The quantitative estimate of drug-likeness (QED) is 0.591. The summed E-state index contributed by atoms with van der Waals surface area (Å²) in [6, 6.07) is -0.463. The normalized spacial score (nSPS) is 15.8. The SMILES string of the molecule is [2H]c1c(Cl)c([2H])c2c([2H])c(C)oc2c1[2H]. The Hall–Kier alpha value is -0.950. The second-order valence-electron chi connectivity index (χ2n) is 2.18. The molecule has 11 heavy (non-hydrogen) atoms. The first-order valence-corrected chi connectivity index (χ1v) is 3.48. The number of rotatable bonds is 0. The highest BCUT2D eigenvalue weighted by Crippen LogP contribution is 2.22. The van der Waals surface area contributed by atoms with Crippen LogP contribution in [-0.4, -0.2) is 0 Å². The van der Waals surface area contributed by atoms with Crippen LogP contribution in [0.1, 0.15) is 11.2 Å². The zero-order chi connectivity index (χ0) is 11.3. The molecule has 0 saturated heterocycles. The van der Waals surface area contributed by atoms with Gasteiger partial charge < -0.3 is 4.42 Å². The van der Waals surface area contributed by atoms with Crippen LogP contribution in [0.4, 0.5) is 0 Å². The van der Waals surface area contributed by atoms with Gasteiger partial charge in [0.2, 0.25) is 0 Å². The molecular formula is C9H7ClO. The molecule has 0 amide bonds. The maximum Gasteiger partial charge on any atom is 0.134 e. The first-order valence-electron chi connectivity index (χ1n) is 5.10. The minimum atomic E-state index is -0.233. The van der Waals surface area contributed by atoms with Crippen LogP contribution in [0.2, 0.25) is 5.02 Å². The molecule has 0 saturated carbocycles. The first kappa shape index (κ1) is 3.63. The lowest BCUT2D eigenvalue weighted by Crippen LogP contribution is -1.62. The molecule has 1 aromatic heterocycles. The Bertz CT molecular complexity index is 561. The van der Waals surface area contributed by atoms with E-state index < -0.39 is 0 Å². The summed E-state index contributed by atoms with van der Waals surface area (Å²) < 4.78 is 35.6. The summed E-state index contributed by atoms with van der Waals surface area (Å²) in [5.41, 5.74) is 0.0944. The summed E-state index contributed by atoms with van der Waals surface area (Å²) in [5.74, 6) is 0.327. The molecule has 0 aliphatic rings. The molecule has 0 unspecified atom stereocenters. The monoisotopic (exact) mass is 170 g/mol. The van der Waals surface area contributed by atoms with Crippen molar-refractivity contribution in [1.82, 2.24) is 0 Å². The van der Waals surface area contributed by atoms with Gasteiger partial charge in [0.05, 0.1) is 5.48 Å². The van der Waals surface area contributed by atoms with Crippen LogP contribution in [0.25, 0.3) is 11.0 Å². The van der Waals surface area contributed by atoms with Crippen LogP contribution >= 0.6 is 11.6 Å². The molecule has 0 spiro atoms. The van der Waals surface area contributed by atoms with Gasteiger partial charge in [-0.05, 0) is 31.1 Å². The van der Waals surface area contributed by atoms with Gasteiger partial charge in [0.25, 0.3) is 0 Å². The fraction of sp³-hybridized carbons (Fsp3) is 0.111. The van der Waals surface area contributed by atoms with Crippen LogP contribution in [0.5, 0.6) is 0 Å². The minimum absolute atomic E-state index is 0.0606. The smallest absolute Gasteiger partial charge is 0.134 e. The predicted octanol–water partition coefficient (Wildman–Crippen LogP) is 3.39. The lowest BCUT2D eigenvalue weighted by molar-refractivity contribution is 0.578. The van der Waals surface area contributed by atoms with Gasteiger partial charge in [-0.25, -0.2) is 0 Å². The molecule has 2 rings (SSSR count). The topological polar surface area (TPSA) is 13.1 Å². The highest BCUT2D eigenvalue weighted by Gasteiger charge is 1.98. The molecule has 2 heteroatoms. The van der Waals surface area contributed by atoms with E-state index in [0.29, 0.717) is 5.76 Å². The average molecular weight is 171 g/mol. The van der Waals surface area contributed by atoms with E-state index in [-0.39, 0.29) is 40.2 Å². The van der Waals surface area contributed by atoms with Crippen molar-refractivity contribution in [3.8, 4) is 0 Å². The van der Waals surface area contributed by atoms with Crippen LogP contribution in [0.15, 0.2) is 28.6 Å². The fourth-order valence-corrected chi connectivity index (χ4v) is 1.03. The predicted molar refractivity (Wildman–Crippen MR) is 46.0 cm³/mol. The Kier molecular flexibility index (Phi) is 0.752. The summed E-state index contributed by atoms with van der Waals surface area (Å²) in [5, 5.41) is 0.0975. The van der Waals surface area contributed by atoms with Crippen molar-refractivity contribution in [3.63, 3.8) is 0 Å². The Labute approximate surface area is 75.2 Å². The zero-order valence-electron chi connectivity index (χ0n) is 9.79. The highest BCUT2D eigenvalue weighted by atomic mass is 35.5. The maximum atomic E-state index is 7.66. The van der Waals surface area contributed by atoms with E-state index >= 15 is 0 Å². The average Bonchev–Trinajstić information content (AvgIpc) is 2.50. The Morgan fingerprint density at radius 3 is 3.09 bits per heavy atom. The zero-order valence-corrected chi connectivity index (χ0v) is 6.54. The van der Waals surface area contributed by atoms with E-state index in [2.05, 4.69) is 0 Å². The molecule has 0 radical (unpaired) electrons. The van der Waals surface area contributed by atoms with E-state index in [0.717, 1.165) is 0 Å². The molecule has 1 nitrogen and oxygen atoms in total. The summed E-state index contributed by atoms with van der Waals surface area (Å²) in [6.45, 7) is 1.58. The van der Waals surface area contributed by atoms with Gasteiger partial charge in [0, 0.05) is 10.4 Å². The van der Waals surface area contributed by atoms with E-state index in [1.165, 1.54) is 0 Å². The van der Waals surface area contributed by atoms with E-state index in [4.69, 9.17) is 21.5 Å². The number of furan rings is 1. The van der Waals surface area contributed by atoms with Gasteiger partial charge in [-0.15, -0.1) is 0 Å². The van der Waals surface area contributed by atoms with Gasteiger partial charge in [-0.1, -0.05) is 11.6 Å². The maximum absolute atomic E-state index is 7.66. The lowest BCUT2D eigenvalue weighted by atomic mass is 10.2. The second kappa shape index (κ2) is 2.28. The molecule has 1 aromatic carbocycles. The third kappa shape index (κ3) is 1.12. The summed E-state index contributed by atoms with van der Waals surface area (Å²) in [7, 11) is 0. The van der Waals surface area contributed by atoms with Crippen molar-refractivity contribution < 1.29 is 9.90 Å². The lowest BCUT2D eigenvalue weighted by Gasteiger charge is -1.87. The van der Waals surface area contributed by atoms with E-state index in [1.807, 2.05) is 0 Å². The summed E-state index contributed by atoms with van der Waals surface area (Å²) in [4.78, 5) is 0. The minimum Gasteiger partial charge on any atom is -0.461 e. The third-order valence-electron chi connectivity index (χ3n) is 1.30. The van der Waals surface area contributed by atoms with Gasteiger partial charge in [0.15, 0.2) is 0 Å².